The molecular weight excluding hydrogens is 190 g/mol. The minimum absolute atomic E-state index is 0.250. The highest BCUT2D eigenvalue weighted by atomic mass is 16.5. The summed E-state index contributed by atoms with van der Waals surface area (Å²) in [6.45, 7) is 5.13. The first-order valence-corrected chi connectivity index (χ1v) is 5.35. The van der Waals surface area contributed by atoms with E-state index in [1.807, 2.05) is 19.1 Å². The van der Waals surface area contributed by atoms with Gasteiger partial charge in [0.15, 0.2) is 11.5 Å². The van der Waals surface area contributed by atoms with Gasteiger partial charge in [0.25, 0.3) is 0 Å². The zero-order valence-electron chi connectivity index (χ0n) is 9.36. The third kappa shape index (κ3) is 2.86. The van der Waals surface area contributed by atoms with Gasteiger partial charge in [-0.3, -0.25) is 0 Å². The maximum Gasteiger partial charge on any atom is 0.161 e. The highest BCUT2D eigenvalue weighted by Crippen LogP contribution is 2.35. The molecule has 3 N–H and O–H groups in total. The maximum absolute atomic E-state index is 9.95. The van der Waals surface area contributed by atoms with Crippen molar-refractivity contribution < 1.29 is 9.84 Å². The zero-order valence-corrected chi connectivity index (χ0v) is 9.36. The third-order valence-corrected chi connectivity index (χ3v) is 2.46. The first kappa shape index (κ1) is 11.9. The minimum Gasteiger partial charge on any atom is -0.504 e. The summed E-state index contributed by atoms with van der Waals surface area (Å²) in [5.41, 5.74) is 6.41. The van der Waals surface area contributed by atoms with E-state index >= 15 is 0 Å². The van der Waals surface area contributed by atoms with E-state index in [9.17, 15) is 5.11 Å². The summed E-state index contributed by atoms with van der Waals surface area (Å²) in [5, 5.41) is 9.95. The number of para-hydroxylation sites is 1. The zero-order chi connectivity index (χ0) is 11.3. The van der Waals surface area contributed by atoms with Crippen LogP contribution in [0.3, 0.4) is 0 Å². The average molecular weight is 209 g/mol. The number of rotatable bonds is 5. The molecule has 1 aromatic carbocycles. The Balaban J connectivity index is 2.92. The van der Waals surface area contributed by atoms with Gasteiger partial charge in [0, 0.05) is 5.56 Å². The van der Waals surface area contributed by atoms with Gasteiger partial charge in [0.2, 0.25) is 0 Å². The molecule has 0 radical (unpaired) electrons. The molecule has 0 aromatic heterocycles. The van der Waals surface area contributed by atoms with Crippen LogP contribution in [0.5, 0.6) is 11.5 Å². The van der Waals surface area contributed by atoms with Crippen molar-refractivity contribution in [1.82, 2.24) is 0 Å². The molecule has 3 nitrogen and oxygen atoms in total. The Morgan fingerprint density at radius 3 is 2.80 bits per heavy atom. The van der Waals surface area contributed by atoms with Crippen LogP contribution < -0.4 is 10.5 Å². The summed E-state index contributed by atoms with van der Waals surface area (Å²) >= 11 is 0. The lowest BCUT2D eigenvalue weighted by atomic mass is 9.96. The number of hydrogen-bond acceptors (Lipinski definition) is 3. The van der Waals surface area contributed by atoms with Gasteiger partial charge in [0.1, 0.15) is 0 Å². The number of phenols is 1. The van der Waals surface area contributed by atoms with Gasteiger partial charge in [0.05, 0.1) is 6.61 Å². The molecular formula is C12H19NO2. The van der Waals surface area contributed by atoms with Crippen molar-refractivity contribution >= 4 is 0 Å². The Bertz CT molecular complexity index is 312. The largest absolute Gasteiger partial charge is 0.504 e. The van der Waals surface area contributed by atoms with Crippen LogP contribution in [0.2, 0.25) is 0 Å². The van der Waals surface area contributed by atoms with Crippen LogP contribution in [0.25, 0.3) is 0 Å². The number of hydrogen-bond donors (Lipinski definition) is 2. The Morgan fingerprint density at radius 1 is 1.47 bits per heavy atom. The summed E-state index contributed by atoms with van der Waals surface area (Å²) < 4.78 is 5.32. The second-order valence-corrected chi connectivity index (χ2v) is 3.61. The molecule has 1 aromatic rings. The topological polar surface area (TPSA) is 55.5 Å². The van der Waals surface area contributed by atoms with Crippen molar-refractivity contribution in [1.29, 1.82) is 0 Å². The molecule has 0 amide bonds. The van der Waals surface area contributed by atoms with Crippen molar-refractivity contribution in [2.45, 2.75) is 26.2 Å². The molecule has 3 heteroatoms. The maximum atomic E-state index is 9.95. The Hall–Kier alpha value is -1.22. The van der Waals surface area contributed by atoms with Crippen LogP contribution in [-0.2, 0) is 0 Å². The molecule has 0 fully saturated rings. The van der Waals surface area contributed by atoms with Crippen LogP contribution in [-0.4, -0.2) is 18.3 Å². The number of ether oxygens (including phenoxy) is 1. The fourth-order valence-corrected chi connectivity index (χ4v) is 1.61. The summed E-state index contributed by atoms with van der Waals surface area (Å²) in [5.74, 6) is 1.06. The molecule has 0 heterocycles. The molecule has 0 spiro atoms. The van der Waals surface area contributed by atoms with E-state index in [4.69, 9.17) is 10.5 Å². The molecule has 1 rings (SSSR count). The van der Waals surface area contributed by atoms with Gasteiger partial charge in [-0.1, -0.05) is 19.1 Å². The van der Waals surface area contributed by atoms with Crippen LogP contribution in [0, 0.1) is 0 Å². The Morgan fingerprint density at radius 2 is 2.20 bits per heavy atom. The minimum atomic E-state index is 0.250. The first-order chi connectivity index (χ1) is 7.20. The highest BCUT2D eigenvalue weighted by molar-refractivity contribution is 5.46. The molecule has 0 aliphatic heterocycles. The van der Waals surface area contributed by atoms with Crippen LogP contribution in [0.15, 0.2) is 18.2 Å². The smallest absolute Gasteiger partial charge is 0.161 e. The second-order valence-electron chi connectivity index (χ2n) is 3.61. The van der Waals surface area contributed by atoms with Crippen molar-refractivity contribution in [3.63, 3.8) is 0 Å². The summed E-state index contributed by atoms with van der Waals surface area (Å²) in [4.78, 5) is 0. The van der Waals surface area contributed by atoms with Crippen LogP contribution in [0.1, 0.15) is 31.7 Å². The molecule has 0 aliphatic rings. The van der Waals surface area contributed by atoms with E-state index in [2.05, 4.69) is 6.92 Å². The Kier molecular flexibility index (Phi) is 4.43. The predicted octanol–water partition coefficient (Wildman–Crippen LogP) is 2.24. The molecule has 1 atom stereocenters. The van der Waals surface area contributed by atoms with Gasteiger partial charge in [-0.25, -0.2) is 0 Å². The lowest BCUT2D eigenvalue weighted by Crippen LogP contribution is -2.05. The van der Waals surface area contributed by atoms with E-state index < -0.39 is 0 Å². The molecule has 0 saturated carbocycles. The van der Waals surface area contributed by atoms with Crippen LogP contribution >= 0.6 is 0 Å². The van der Waals surface area contributed by atoms with E-state index in [1.165, 1.54) is 0 Å². The fourth-order valence-electron chi connectivity index (χ4n) is 1.61. The monoisotopic (exact) mass is 209 g/mol. The van der Waals surface area contributed by atoms with E-state index in [0.717, 1.165) is 12.0 Å². The van der Waals surface area contributed by atoms with Crippen molar-refractivity contribution in [3.8, 4) is 11.5 Å². The SMILES string of the molecule is CCOc1cccc(C(C)CCN)c1O. The summed E-state index contributed by atoms with van der Waals surface area (Å²) in [6.07, 6.45) is 0.864. The first-order valence-electron chi connectivity index (χ1n) is 5.35. The van der Waals surface area contributed by atoms with E-state index in [1.54, 1.807) is 6.07 Å². The van der Waals surface area contributed by atoms with Gasteiger partial charge < -0.3 is 15.6 Å². The lowest BCUT2D eigenvalue weighted by molar-refractivity contribution is 0.315. The quantitative estimate of drug-likeness (QED) is 0.782. The third-order valence-electron chi connectivity index (χ3n) is 2.46. The molecule has 15 heavy (non-hydrogen) atoms. The molecule has 1 unspecified atom stereocenters. The molecule has 0 saturated heterocycles. The molecule has 0 bridgehead atoms. The van der Waals surface area contributed by atoms with E-state index in [-0.39, 0.29) is 11.7 Å². The summed E-state index contributed by atoms with van der Waals surface area (Å²) in [6, 6.07) is 5.59. The average Bonchev–Trinajstić information content (AvgIpc) is 2.22. The van der Waals surface area contributed by atoms with Gasteiger partial charge >= 0.3 is 0 Å². The van der Waals surface area contributed by atoms with Crippen LogP contribution in [0.4, 0.5) is 0 Å². The van der Waals surface area contributed by atoms with Crippen molar-refractivity contribution in [2.75, 3.05) is 13.2 Å². The van der Waals surface area contributed by atoms with Gasteiger partial charge in [-0.05, 0) is 31.9 Å². The normalized spacial score (nSPS) is 12.5. The highest BCUT2D eigenvalue weighted by Gasteiger charge is 2.13. The molecule has 84 valence electrons. The van der Waals surface area contributed by atoms with E-state index in [0.29, 0.717) is 18.9 Å². The summed E-state index contributed by atoms with van der Waals surface area (Å²) in [7, 11) is 0. The van der Waals surface area contributed by atoms with Gasteiger partial charge in [-0.15, -0.1) is 0 Å². The number of aromatic hydroxyl groups is 1. The van der Waals surface area contributed by atoms with Crippen molar-refractivity contribution in [3.05, 3.63) is 23.8 Å². The van der Waals surface area contributed by atoms with Crippen molar-refractivity contribution in [2.24, 2.45) is 5.73 Å². The lowest BCUT2D eigenvalue weighted by Gasteiger charge is -2.15. The number of phenolic OH excluding ortho intramolecular Hbond substituents is 1. The second kappa shape index (κ2) is 5.61. The van der Waals surface area contributed by atoms with Gasteiger partial charge in [-0.2, -0.15) is 0 Å². The fraction of sp³-hybridized carbons (Fsp3) is 0.500. The predicted molar refractivity (Wildman–Crippen MR) is 61.4 cm³/mol. The Labute approximate surface area is 90.9 Å². The number of nitrogens with two attached hydrogens (primary N) is 1. The molecule has 0 aliphatic carbocycles. The number of benzene rings is 1. The standard InChI is InChI=1S/C12H19NO2/c1-3-15-11-6-4-5-10(12(11)14)9(2)7-8-13/h4-6,9,14H,3,7-8,13H2,1-2H3.